The monoisotopic (exact) mass is 429 g/mol. The van der Waals surface area contributed by atoms with Crippen LogP contribution < -0.4 is 16.0 Å². The first kappa shape index (κ1) is 20.0. The number of imidazole rings is 2. The fourth-order valence-electron chi connectivity index (χ4n) is 3.64. The molecule has 4 aromatic rings. The van der Waals surface area contributed by atoms with Gasteiger partial charge in [0.15, 0.2) is 16.9 Å². The zero-order valence-electron chi connectivity index (χ0n) is 17.1. The SMILES string of the molecule is COc1ccc(Cl)cc1-n1c(C)cn2c3c(=O)n(C(C)C(C)=O)c(=O)n(C)c3nc12. The van der Waals surface area contributed by atoms with E-state index in [1.807, 2.05) is 6.92 Å². The Bertz CT molecular complexity index is 1460. The number of aromatic nitrogens is 5. The number of hydrogen-bond donors (Lipinski definition) is 0. The summed E-state index contributed by atoms with van der Waals surface area (Å²) < 4.78 is 11.1. The van der Waals surface area contributed by atoms with Crippen LogP contribution in [0.25, 0.3) is 22.6 Å². The molecular weight excluding hydrogens is 410 g/mol. The first-order valence-electron chi connectivity index (χ1n) is 9.23. The van der Waals surface area contributed by atoms with Crippen molar-refractivity contribution in [3.8, 4) is 11.4 Å². The van der Waals surface area contributed by atoms with Crippen molar-refractivity contribution in [3.63, 3.8) is 0 Å². The summed E-state index contributed by atoms with van der Waals surface area (Å²) in [7, 11) is 3.08. The zero-order valence-corrected chi connectivity index (χ0v) is 17.9. The van der Waals surface area contributed by atoms with Gasteiger partial charge in [-0.1, -0.05) is 11.6 Å². The molecule has 0 bridgehead atoms. The predicted molar refractivity (Wildman–Crippen MR) is 113 cm³/mol. The molecule has 0 radical (unpaired) electrons. The molecule has 4 rings (SSSR count). The van der Waals surface area contributed by atoms with Gasteiger partial charge < -0.3 is 4.74 Å². The molecule has 1 unspecified atom stereocenters. The molecule has 0 aliphatic rings. The van der Waals surface area contributed by atoms with Crippen LogP contribution in [0.1, 0.15) is 25.6 Å². The van der Waals surface area contributed by atoms with Crippen molar-refractivity contribution in [1.29, 1.82) is 0 Å². The van der Waals surface area contributed by atoms with Crippen LogP contribution in [-0.4, -0.2) is 36.0 Å². The van der Waals surface area contributed by atoms with Crippen LogP contribution in [-0.2, 0) is 11.8 Å². The number of aryl methyl sites for hydroxylation is 2. The minimum atomic E-state index is -0.887. The number of methoxy groups -OCH3 is 1. The maximum atomic E-state index is 13.2. The van der Waals surface area contributed by atoms with E-state index in [0.29, 0.717) is 22.2 Å². The minimum Gasteiger partial charge on any atom is -0.495 e. The third-order valence-corrected chi connectivity index (χ3v) is 5.57. The Hall–Kier alpha value is -3.33. The number of fused-ring (bicyclic) bond motifs is 3. The van der Waals surface area contributed by atoms with Gasteiger partial charge >= 0.3 is 5.69 Å². The fraction of sp³-hybridized carbons (Fsp3) is 0.300. The second-order valence-corrected chi connectivity index (χ2v) is 7.62. The number of ether oxygens (including phenoxy) is 1. The van der Waals surface area contributed by atoms with Gasteiger partial charge in [0.25, 0.3) is 5.56 Å². The number of rotatable bonds is 4. The summed E-state index contributed by atoms with van der Waals surface area (Å²) in [6.45, 7) is 4.74. The molecular formula is C20H20ClN5O4. The molecule has 3 aromatic heterocycles. The molecule has 0 N–H and O–H groups in total. The van der Waals surface area contributed by atoms with Gasteiger partial charge in [-0.15, -0.1) is 0 Å². The van der Waals surface area contributed by atoms with E-state index in [2.05, 4.69) is 4.98 Å². The average molecular weight is 430 g/mol. The molecule has 1 aromatic carbocycles. The summed E-state index contributed by atoms with van der Waals surface area (Å²) in [6, 6.07) is 4.31. The van der Waals surface area contributed by atoms with Crippen LogP contribution in [0.15, 0.2) is 34.0 Å². The van der Waals surface area contributed by atoms with E-state index < -0.39 is 17.3 Å². The minimum absolute atomic E-state index is 0.211. The van der Waals surface area contributed by atoms with Gasteiger partial charge in [0, 0.05) is 24.0 Å². The molecule has 9 nitrogen and oxygen atoms in total. The third-order valence-electron chi connectivity index (χ3n) is 5.33. The van der Waals surface area contributed by atoms with Gasteiger partial charge in [0.1, 0.15) is 5.75 Å². The normalized spacial score (nSPS) is 12.6. The van der Waals surface area contributed by atoms with E-state index in [1.54, 1.807) is 40.5 Å². The Morgan fingerprint density at radius 1 is 1.27 bits per heavy atom. The Kier molecular flexibility index (Phi) is 4.58. The molecule has 0 aliphatic carbocycles. The lowest BCUT2D eigenvalue weighted by atomic mass is 10.2. The first-order valence-corrected chi connectivity index (χ1v) is 9.61. The molecule has 0 amide bonds. The summed E-state index contributed by atoms with van der Waals surface area (Å²) in [6.07, 6.45) is 1.75. The first-order chi connectivity index (χ1) is 14.2. The number of carbonyl (C=O) groups excluding carboxylic acids is 1. The van der Waals surface area contributed by atoms with E-state index in [-0.39, 0.29) is 16.9 Å². The Labute approximate surface area is 175 Å². The van der Waals surface area contributed by atoms with Gasteiger partial charge in [0.2, 0.25) is 5.78 Å². The Balaban J connectivity index is 2.16. The quantitative estimate of drug-likeness (QED) is 0.496. The average Bonchev–Trinajstić information content (AvgIpc) is 3.20. The molecule has 0 saturated carbocycles. The molecule has 0 saturated heterocycles. The lowest BCUT2D eigenvalue weighted by Crippen LogP contribution is -2.42. The second-order valence-electron chi connectivity index (χ2n) is 7.18. The number of halogens is 1. The molecule has 0 fully saturated rings. The zero-order chi connectivity index (χ0) is 21.9. The molecule has 10 heteroatoms. The van der Waals surface area contributed by atoms with E-state index in [1.165, 1.54) is 25.5 Å². The van der Waals surface area contributed by atoms with Crippen molar-refractivity contribution in [2.75, 3.05) is 7.11 Å². The van der Waals surface area contributed by atoms with E-state index in [4.69, 9.17) is 16.3 Å². The number of benzene rings is 1. The maximum absolute atomic E-state index is 13.2. The second kappa shape index (κ2) is 6.88. The molecule has 30 heavy (non-hydrogen) atoms. The highest BCUT2D eigenvalue weighted by atomic mass is 35.5. The van der Waals surface area contributed by atoms with E-state index >= 15 is 0 Å². The lowest BCUT2D eigenvalue weighted by Gasteiger charge is -2.12. The van der Waals surface area contributed by atoms with E-state index in [9.17, 15) is 14.4 Å². The Morgan fingerprint density at radius 2 is 1.97 bits per heavy atom. The molecule has 1 atom stereocenters. The summed E-state index contributed by atoms with van der Waals surface area (Å²) in [4.78, 5) is 42.5. The van der Waals surface area contributed by atoms with Gasteiger partial charge in [-0.3, -0.25) is 23.1 Å². The van der Waals surface area contributed by atoms with Crippen molar-refractivity contribution in [2.24, 2.45) is 7.05 Å². The van der Waals surface area contributed by atoms with Crippen LogP contribution in [0.3, 0.4) is 0 Å². The van der Waals surface area contributed by atoms with Gasteiger partial charge in [-0.05, 0) is 39.0 Å². The number of nitrogens with zero attached hydrogens (tertiary/aromatic N) is 5. The smallest absolute Gasteiger partial charge is 0.333 e. The van der Waals surface area contributed by atoms with Crippen molar-refractivity contribution < 1.29 is 9.53 Å². The molecule has 156 valence electrons. The van der Waals surface area contributed by atoms with Crippen molar-refractivity contribution >= 4 is 34.3 Å². The van der Waals surface area contributed by atoms with E-state index in [0.717, 1.165) is 10.3 Å². The molecule has 0 aliphatic heterocycles. The van der Waals surface area contributed by atoms with Gasteiger partial charge in [0.05, 0.1) is 18.8 Å². The van der Waals surface area contributed by atoms with Crippen molar-refractivity contribution in [1.82, 2.24) is 23.1 Å². The maximum Gasteiger partial charge on any atom is 0.333 e. The Morgan fingerprint density at radius 3 is 2.60 bits per heavy atom. The largest absolute Gasteiger partial charge is 0.495 e. The molecule has 3 heterocycles. The topological polar surface area (TPSA) is 92.5 Å². The summed E-state index contributed by atoms with van der Waals surface area (Å²) in [5, 5.41) is 0.512. The number of Topliss-reactive ketones (excluding diaryl/α,β-unsaturated/α-hetero) is 1. The summed E-state index contributed by atoms with van der Waals surface area (Å²) in [5.74, 6) is 0.708. The van der Waals surface area contributed by atoms with Gasteiger partial charge in [-0.25, -0.2) is 9.36 Å². The summed E-state index contributed by atoms with van der Waals surface area (Å²) in [5.41, 5.74) is 0.692. The summed E-state index contributed by atoms with van der Waals surface area (Å²) >= 11 is 6.20. The highest BCUT2D eigenvalue weighted by Crippen LogP contribution is 2.30. The number of carbonyl (C=O) groups is 1. The van der Waals surface area contributed by atoms with Crippen molar-refractivity contribution in [2.45, 2.75) is 26.8 Å². The number of hydrogen-bond acceptors (Lipinski definition) is 5. The van der Waals surface area contributed by atoms with Crippen LogP contribution in [0.2, 0.25) is 5.02 Å². The van der Waals surface area contributed by atoms with Crippen LogP contribution in [0.5, 0.6) is 5.75 Å². The third kappa shape index (κ3) is 2.69. The highest BCUT2D eigenvalue weighted by molar-refractivity contribution is 6.30. The van der Waals surface area contributed by atoms with Gasteiger partial charge in [-0.2, -0.15) is 4.98 Å². The van der Waals surface area contributed by atoms with Crippen LogP contribution in [0.4, 0.5) is 0 Å². The van der Waals surface area contributed by atoms with Crippen LogP contribution in [0, 0.1) is 6.92 Å². The lowest BCUT2D eigenvalue weighted by molar-refractivity contribution is -0.119. The highest BCUT2D eigenvalue weighted by Gasteiger charge is 2.24. The molecule has 0 spiro atoms. The fourth-order valence-corrected chi connectivity index (χ4v) is 3.80. The van der Waals surface area contributed by atoms with Crippen molar-refractivity contribution in [3.05, 3.63) is 56.0 Å². The number of ketones is 1. The predicted octanol–water partition coefficient (Wildman–Crippen LogP) is 2.26. The van der Waals surface area contributed by atoms with Crippen LogP contribution >= 0.6 is 11.6 Å². The standard InChI is InChI=1S/C20H20ClN5O4/c1-10-9-24-16-17(23(4)20(29)26(18(16)28)11(2)12(3)27)22-19(24)25(10)14-8-13(21)6-7-15(14)30-5/h6-9,11H,1-5H3.